The van der Waals surface area contributed by atoms with Gasteiger partial charge in [0, 0.05) is 12.0 Å². The Hall–Kier alpha value is -3.78. The van der Waals surface area contributed by atoms with Crippen LogP contribution in [0.15, 0.2) is 65.8 Å². The quantitative estimate of drug-likeness (QED) is 0.297. The lowest BCUT2D eigenvalue weighted by Crippen LogP contribution is -2.17. The van der Waals surface area contributed by atoms with Crippen molar-refractivity contribution in [1.29, 1.82) is 0 Å². The first-order valence-corrected chi connectivity index (χ1v) is 10.3. The van der Waals surface area contributed by atoms with Crippen molar-refractivity contribution in [2.45, 2.75) is 26.2 Å². The third-order valence-electron chi connectivity index (χ3n) is 4.73. The summed E-state index contributed by atoms with van der Waals surface area (Å²) in [5, 5.41) is 6.18. The van der Waals surface area contributed by atoms with E-state index in [4.69, 9.17) is 15.9 Å². The van der Waals surface area contributed by atoms with E-state index in [1.54, 1.807) is 6.21 Å². The molecule has 0 aliphatic carbocycles. The normalized spacial score (nSPS) is 10.7. The molecule has 0 spiro atoms. The fourth-order valence-corrected chi connectivity index (χ4v) is 3.25. The van der Waals surface area contributed by atoms with Gasteiger partial charge >= 0.3 is 0 Å². The van der Waals surface area contributed by atoms with Crippen molar-refractivity contribution in [3.05, 3.63) is 71.8 Å². The maximum Gasteiger partial charge on any atom is 0.240 e. The highest BCUT2D eigenvalue weighted by molar-refractivity contribution is 6.02. The van der Waals surface area contributed by atoms with E-state index in [0.717, 1.165) is 34.9 Å². The van der Waals surface area contributed by atoms with Gasteiger partial charge in [-0.1, -0.05) is 48.4 Å². The Kier molecular flexibility index (Phi) is 8.07. The monoisotopic (exact) mass is 414 g/mol. The number of rotatable bonds is 10. The number of nitrogens with one attached hydrogen (secondary N) is 1. The number of amides is 1. The SMILES string of the molecule is C#CCOc1ccc2ccccc2c1/C=N/NC(=O)CCCc1ccc(OCC)cc1. The Morgan fingerprint density at radius 3 is 2.68 bits per heavy atom. The van der Waals surface area contributed by atoms with Gasteiger partial charge in [0.05, 0.1) is 12.8 Å². The molecule has 0 fully saturated rings. The highest BCUT2D eigenvalue weighted by Crippen LogP contribution is 2.26. The van der Waals surface area contributed by atoms with Crippen LogP contribution in [0.4, 0.5) is 0 Å². The molecule has 3 aromatic carbocycles. The van der Waals surface area contributed by atoms with Crippen LogP contribution in [0.2, 0.25) is 0 Å². The third kappa shape index (κ3) is 6.35. The number of hydrogen-bond donors (Lipinski definition) is 1. The number of hydrazone groups is 1. The second-order valence-corrected chi connectivity index (χ2v) is 6.92. The van der Waals surface area contributed by atoms with E-state index in [1.807, 2.05) is 67.6 Å². The fourth-order valence-electron chi connectivity index (χ4n) is 3.25. The first-order chi connectivity index (χ1) is 15.2. The standard InChI is InChI=1S/C26H26N2O3/c1-3-18-31-25-17-14-21-9-5-6-10-23(21)24(25)19-27-28-26(29)11-7-8-20-12-15-22(16-13-20)30-4-2/h1,5-6,9-10,12-17,19H,4,7-8,11,18H2,2H3,(H,28,29)/b27-19+. The number of nitrogens with zero attached hydrogens (tertiary/aromatic N) is 1. The summed E-state index contributed by atoms with van der Waals surface area (Å²) >= 11 is 0. The molecule has 0 bridgehead atoms. The largest absolute Gasteiger partial charge is 0.494 e. The molecule has 0 aromatic heterocycles. The first-order valence-electron chi connectivity index (χ1n) is 10.3. The molecule has 0 saturated carbocycles. The highest BCUT2D eigenvalue weighted by Gasteiger charge is 2.07. The number of carbonyl (C=O) groups is 1. The zero-order valence-corrected chi connectivity index (χ0v) is 17.6. The van der Waals surface area contributed by atoms with E-state index in [9.17, 15) is 4.79 Å². The average molecular weight is 415 g/mol. The summed E-state index contributed by atoms with van der Waals surface area (Å²) in [7, 11) is 0. The van der Waals surface area contributed by atoms with Crippen molar-refractivity contribution in [3.63, 3.8) is 0 Å². The Morgan fingerprint density at radius 1 is 1.10 bits per heavy atom. The van der Waals surface area contributed by atoms with Crippen LogP contribution in [0, 0.1) is 12.3 Å². The summed E-state index contributed by atoms with van der Waals surface area (Å²) in [6, 6.07) is 19.7. The van der Waals surface area contributed by atoms with Gasteiger partial charge in [-0.25, -0.2) is 5.43 Å². The number of ether oxygens (including phenoxy) is 2. The van der Waals surface area contributed by atoms with Crippen LogP contribution in [0.5, 0.6) is 11.5 Å². The molecule has 0 saturated heterocycles. The second-order valence-electron chi connectivity index (χ2n) is 6.92. The van der Waals surface area contributed by atoms with E-state index in [-0.39, 0.29) is 12.5 Å². The van der Waals surface area contributed by atoms with Crippen molar-refractivity contribution < 1.29 is 14.3 Å². The van der Waals surface area contributed by atoms with E-state index in [1.165, 1.54) is 5.56 Å². The predicted octanol–water partition coefficient (Wildman–Crippen LogP) is 4.72. The lowest BCUT2D eigenvalue weighted by atomic mass is 10.0. The smallest absolute Gasteiger partial charge is 0.240 e. The van der Waals surface area contributed by atoms with E-state index in [2.05, 4.69) is 16.4 Å². The Bertz CT molecular complexity index is 1080. The molecule has 0 radical (unpaired) electrons. The molecule has 5 heteroatoms. The maximum atomic E-state index is 12.2. The Balaban J connectivity index is 1.56. The van der Waals surface area contributed by atoms with Gasteiger partial charge in [0.25, 0.3) is 0 Å². The van der Waals surface area contributed by atoms with Crippen molar-refractivity contribution >= 4 is 22.9 Å². The van der Waals surface area contributed by atoms with Crippen molar-refractivity contribution in [2.24, 2.45) is 5.10 Å². The van der Waals surface area contributed by atoms with Crippen LogP contribution in [0.25, 0.3) is 10.8 Å². The molecule has 0 unspecified atom stereocenters. The van der Waals surface area contributed by atoms with Crippen LogP contribution in [-0.4, -0.2) is 25.3 Å². The Morgan fingerprint density at radius 2 is 1.90 bits per heavy atom. The zero-order valence-electron chi connectivity index (χ0n) is 17.6. The number of carbonyl (C=O) groups excluding carboxylic acids is 1. The number of benzene rings is 3. The van der Waals surface area contributed by atoms with Gasteiger partial charge in [-0.3, -0.25) is 4.79 Å². The number of fused-ring (bicyclic) bond motifs is 1. The number of aryl methyl sites for hydroxylation is 1. The minimum Gasteiger partial charge on any atom is -0.494 e. The molecule has 31 heavy (non-hydrogen) atoms. The van der Waals surface area contributed by atoms with Gasteiger partial charge in [-0.2, -0.15) is 5.10 Å². The molecule has 0 heterocycles. The molecule has 0 aliphatic heterocycles. The number of terminal acetylenes is 1. The van der Waals surface area contributed by atoms with Crippen LogP contribution in [0.1, 0.15) is 30.9 Å². The zero-order chi connectivity index (χ0) is 21.9. The van der Waals surface area contributed by atoms with Gasteiger partial charge < -0.3 is 9.47 Å². The van der Waals surface area contributed by atoms with Gasteiger partial charge in [-0.15, -0.1) is 6.42 Å². The molecule has 1 amide bonds. The van der Waals surface area contributed by atoms with Crippen LogP contribution < -0.4 is 14.9 Å². The van der Waals surface area contributed by atoms with Crippen molar-refractivity contribution in [1.82, 2.24) is 5.43 Å². The van der Waals surface area contributed by atoms with Crippen LogP contribution in [0.3, 0.4) is 0 Å². The summed E-state index contributed by atoms with van der Waals surface area (Å²) in [4.78, 5) is 12.2. The van der Waals surface area contributed by atoms with Gasteiger partial charge in [-0.05, 0) is 54.3 Å². The summed E-state index contributed by atoms with van der Waals surface area (Å²) in [6.45, 7) is 2.77. The molecule has 5 nitrogen and oxygen atoms in total. The van der Waals surface area contributed by atoms with Gasteiger partial charge in [0.15, 0.2) is 0 Å². The lowest BCUT2D eigenvalue weighted by molar-refractivity contribution is -0.121. The molecule has 158 valence electrons. The summed E-state index contributed by atoms with van der Waals surface area (Å²) in [5.41, 5.74) is 4.56. The minimum absolute atomic E-state index is 0.131. The number of hydrogen-bond acceptors (Lipinski definition) is 4. The Labute approximate surface area is 183 Å². The third-order valence-corrected chi connectivity index (χ3v) is 4.73. The molecule has 0 atom stereocenters. The van der Waals surface area contributed by atoms with Crippen LogP contribution >= 0.6 is 0 Å². The summed E-state index contributed by atoms with van der Waals surface area (Å²) in [6.07, 6.45) is 8.87. The molecule has 1 N–H and O–H groups in total. The van der Waals surface area contributed by atoms with E-state index >= 15 is 0 Å². The van der Waals surface area contributed by atoms with Crippen molar-refractivity contribution in [3.8, 4) is 23.8 Å². The molecule has 3 rings (SSSR count). The molecule has 3 aromatic rings. The van der Waals surface area contributed by atoms with E-state index in [0.29, 0.717) is 18.8 Å². The molecule has 0 aliphatic rings. The maximum absolute atomic E-state index is 12.2. The van der Waals surface area contributed by atoms with Gasteiger partial charge in [0.1, 0.15) is 18.1 Å². The second kappa shape index (κ2) is 11.4. The molecular weight excluding hydrogens is 388 g/mol. The van der Waals surface area contributed by atoms with Gasteiger partial charge in [0.2, 0.25) is 5.91 Å². The van der Waals surface area contributed by atoms with E-state index < -0.39 is 0 Å². The lowest BCUT2D eigenvalue weighted by Gasteiger charge is -2.10. The van der Waals surface area contributed by atoms with Crippen molar-refractivity contribution in [2.75, 3.05) is 13.2 Å². The topological polar surface area (TPSA) is 59.9 Å². The summed E-state index contributed by atoms with van der Waals surface area (Å²) < 4.78 is 11.1. The predicted molar refractivity (Wildman–Crippen MR) is 125 cm³/mol. The average Bonchev–Trinajstić information content (AvgIpc) is 2.79. The highest BCUT2D eigenvalue weighted by atomic mass is 16.5. The fraction of sp³-hybridized carbons (Fsp3) is 0.231. The minimum atomic E-state index is -0.131. The molecular formula is C26H26N2O3. The van der Waals surface area contributed by atoms with Crippen LogP contribution in [-0.2, 0) is 11.2 Å². The summed E-state index contributed by atoms with van der Waals surface area (Å²) in [5.74, 6) is 3.83. The first kappa shape index (κ1) is 21.9.